The van der Waals surface area contributed by atoms with E-state index in [1.54, 1.807) is 12.1 Å². The van der Waals surface area contributed by atoms with E-state index in [-0.39, 0.29) is 5.97 Å². The number of hydrogen-bond donors (Lipinski definition) is 0. The van der Waals surface area contributed by atoms with E-state index in [1.807, 2.05) is 45.0 Å². The van der Waals surface area contributed by atoms with E-state index < -0.39 is 0 Å². The lowest BCUT2D eigenvalue weighted by atomic mass is 10.0. The molecule has 0 fully saturated rings. The van der Waals surface area contributed by atoms with Crippen LogP contribution in [0.25, 0.3) is 0 Å². The van der Waals surface area contributed by atoms with Gasteiger partial charge in [0.25, 0.3) is 0 Å². The maximum absolute atomic E-state index is 12.1. The summed E-state index contributed by atoms with van der Waals surface area (Å²) in [5.41, 5.74) is 3.78. The molecule has 2 aromatic carbocycles. The lowest BCUT2D eigenvalue weighted by molar-refractivity contribution is 0.0734. The molecule has 0 atom stereocenters. The van der Waals surface area contributed by atoms with Crippen LogP contribution in [0, 0.1) is 20.8 Å². The largest absolute Gasteiger partial charge is 0.423 e. The van der Waals surface area contributed by atoms with E-state index in [9.17, 15) is 4.79 Å². The topological polar surface area (TPSA) is 26.3 Å². The van der Waals surface area contributed by atoms with Gasteiger partial charge in [0.1, 0.15) is 5.75 Å². The molecule has 0 N–H and O–H groups in total. The second-order valence-electron chi connectivity index (χ2n) is 4.46. The van der Waals surface area contributed by atoms with Gasteiger partial charge in [-0.25, -0.2) is 4.79 Å². The summed E-state index contributed by atoms with van der Waals surface area (Å²) in [6, 6.07) is 13.1. The second kappa shape index (κ2) is 5.05. The molecular formula is C16H16O2. The number of carbonyl (C=O) groups excluding carboxylic acids is 1. The van der Waals surface area contributed by atoms with Crippen molar-refractivity contribution in [2.45, 2.75) is 20.8 Å². The predicted octanol–water partition coefficient (Wildman–Crippen LogP) is 3.83. The molecular weight excluding hydrogens is 224 g/mol. The minimum absolute atomic E-state index is 0.300. The maximum Gasteiger partial charge on any atom is 0.343 e. The summed E-state index contributed by atoms with van der Waals surface area (Å²) in [7, 11) is 0. The Labute approximate surface area is 107 Å². The first-order valence-electron chi connectivity index (χ1n) is 5.93. The zero-order chi connectivity index (χ0) is 13.1. The van der Waals surface area contributed by atoms with E-state index in [2.05, 4.69) is 6.07 Å². The third kappa shape index (κ3) is 2.59. The number of rotatable bonds is 2. The molecule has 0 aliphatic heterocycles. The highest BCUT2D eigenvalue weighted by molar-refractivity contribution is 5.93. The molecule has 18 heavy (non-hydrogen) atoms. The van der Waals surface area contributed by atoms with Crippen LogP contribution in [0.15, 0.2) is 42.5 Å². The van der Waals surface area contributed by atoms with Crippen molar-refractivity contribution in [3.05, 3.63) is 64.7 Å². The Hall–Kier alpha value is -2.09. The normalized spacial score (nSPS) is 10.2. The average Bonchev–Trinajstić information content (AvgIpc) is 2.35. The van der Waals surface area contributed by atoms with Gasteiger partial charge in [-0.05, 0) is 55.7 Å². The zero-order valence-electron chi connectivity index (χ0n) is 10.9. The summed E-state index contributed by atoms with van der Waals surface area (Å²) >= 11 is 0. The fourth-order valence-corrected chi connectivity index (χ4v) is 1.90. The number of carbonyl (C=O) groups is 1. The van der Waals surface area contributed by atoms with Gasteiger partial charge >= 0.3 is 5.97 Å². The quantitative estimate of drug-likeness (QED) is 0.589. The molecule has 0 spiro atoms. The first-order chi connectivity index (χ1) is 8.58. The Kier molecular flexibility index (Phi) is 3.47. The molecule has 0 aromatic heterocycles. The smallest absolute Gasteiger partial charge is 0.343 e. The van der Waals surface area contributed by atoms with Gasteiger partial charge in [-0.1, -0.05) is 24.3 Å². The predicted molar refractivity (Wildman–Crippen MR) is 72.1 cm³/mol. The zero-order valence-corrected chi connectivity index (χ0v) is 10.9. The first-order valence-corrected chi connectivity index (χ1v) is 5.93. The minimum atomic E-state index is -0.300. The molecule has 0 radical (unpaired) electrons. The highest BCUT2D eigenvalue weighted by Gasteiger charge is 2.13. The molecule has 92 valence electrons. The van der Waals surface area contributed by atoms with Crippen molar-refractivity contribution in [3.8, 4) is 5.75 Å². The van der Waals surface area contributed by atoms with Crippen molar-refractivity contribution < 1.29 is 9.53 Å². The van der Waals surface area contributed by atoms with Crippen LogP contribution >= 0.6 is 0 Å². The summed E-state index contributed by atoms with van der Waals surface area (Å²) in [6.07, 6.45) is 0. The molecule has 2 nitrogen and oxygen atoms in total. The van der Waals surface area contributed by atoms with Gasteiger partial charge in [-0.3, -0.25) is 0 Å². The van der Waals surface area contributed by atoms with Crippen LogP contribution in [-0.4, -0.2) is 5.97 Å². The molecule has 2 heteroatoms. The van der Waals surface area contributed by atoms with Gasteiger partial charge in [-0.2, -0.15) is 0 Å². The Morgan fingerprint density at radius 2 is 1.67 bits per heavy atom. The standard InChI is InChI=1S/C16H16O2/c1-11-9-12(2)13(3)15(10-11)16(17)18-14-7-5-4-6-8-14/h4-10H,1-3H3. The molecule has 0 aliphatic carbocycles. The molecule has 0 unspecified atom stereocenters. The summed E-state index contributed by atoms with van der Waals surface area (Å²) in [4.78, 5) is 12.1. The van der Waals surface area contributed by atoms with Crippen molar-refractivity contribution >= 4 is 5.97 Å². The van der Waals surface area contributed by atoms with Crippen molar-refractivity contribution in [1.82, 2.24) is 0 Å². The second-order valence-corrected chi connectivity index (χ2v) is 4.46. The molecule has 0 saturated heterocycles. The van der Waals surface area contributed by atoms with Crippen molar-refractivity contribution in [3.63, 3.8) is 0 Å². The number of benzene rings is 2. The Balaban J connectivity index is 2.30. The lowest BCUT2D eigenvalue weighted by Crippen LogP contribution is -2.11. The van der Waals surface area contributed by atoms with E-state index in [0.29, 0.717) is 11.3 Å². The highest BCUT2D eigenvalue weighted by atomic mass is 16.5. The molecule has 0 bridgehead atoms. The number of ether oxygens (including phenoxy) is 1. The monoisotopic (exact) mass is 240 g/mol. The number of hydrogen-bond acceptors (Lipinski definition) is 2. The Morgan fingerprint density at radius 1 is 1.00 bits per heavy atom. The van der Waals surface area contributed by atoms with Crippen LogP contribution < -0.4 is 4.74 Å². The molecule has 0 aliphatic rings. The van der Waals surface area contributed by atoms with Gasteiger partial charge in [0.15, 0.2) is 0 Å². The lowest BCUT2D eigenvalue weighted by Gasteiger charge is -2.10. The third-order valence-electron chi connectivity index (χ3n) is 2.99. The average molecular weight is 240 g/mol. The van der Waals surface area contributed by atoms with Crippen LogP contribution in [0.1, 0.15) is 27.0 Å². The molecule has 0 saturated carbocycles. The minimum Gasteiger partial charge on any atom is -0.423 e. The fraction of sp³-hybridized carbons (Fsp3) is 0.188. The number of para-hydroxylation sites is 1. The van der Waals surface area contributed by atoms with Gasteiger partial charge in [-0.15, -0.1) is 0 Å². The van der Waals surface area contributed by atoms with Gasteiger partial charge in [0, 0.05) is 0 Å². The summed E-state index contributed by atoms with van der Waals surface area (Å²) in [6.45, 7) is 5.92. The van der Waals surface area contributed by atoms with Crippen LogP contribution in [0.2, 0.25) is 0 Å². The highest BCUT2D eigenvalue weighted by Crippen LogP contribution is 2.18. The van der Waals surface area contributed by atoms with Crippen LogP contribution in [0.5, 0.6) is 5.75 Å². The fourth-order valence-electron chi connectivity index (χ4n) is 1.90. The SMILES string of the molecule is Cc1cc(C)c(C)c(C(=O)Oc2ccccc2)c1. The summed E-state index contributed by atoms with van der Waals surface area (Å²) in [5.74, 6) is 0.270. The van der Waals surface area contributed by atoms with E-state index in [0.717, 1.165) is 16.7 Å². The van der Waals surface area contributed by atoms with Crippen molar-refractivity contribution in [2.75, 3.05) is 0 Å². The number of esters is 1. The van der Waals surface area contributed by atoms with Crippen LogP contribution in [-0.2, 0) is 0 Å². The first kappa shape index (κ1) is 12.4. The van der Waals surface area contributed by atoms with E-state index >= 15 is 0 Å². The van der Waals surface area contributed by atoms with Gasteiger partial charge in [0.2, 0.25) is 0 Å². The molecule has 0 heterocycles. The summed E-state index contributed by atoms with van der Waals surface area (Å²) < 4.78 is 5.35. The summed E-state index contributed by atoms with van der Waals surface area (Å²) in [5, 5.41) is 0. The Morgan fingerprint density at radius 3 is 2.33 bits per heavy atom. The molecule has 2 rings (SSSR count). The van der Waals surface area contributed by atoms with E-state index in [4.69, 9.17) is 4.74 Å². The van der Waals surface area contributed by atoms with E-state index in [1.165, 1.54) is 0 Å². The van der Waals surface area contributed by atoms with Crippen LogP contribution in [0.3, 0.4) is 0 Å². The van der Waals surface area contributed by atoms with Crippen molar-refractivity contribution in [1.29, 1.82) is 0 Å². The third-order valence-corrected chi connectivity index (χ3v) is 2.99. The number of aryl methyl sites for hydroxylation is 2. The maximum atomic E-state index is 12.1. The Bertz CT molecular complexity index is 571. The van der Waals surface area contributed by atoms with Gasteiger partial charge in [0.05, 0.1) is 5.56 Å². The molecule has 0 amide bonds. The van der Waals surface area contributed by atoms with Crippen LogP contribution in [0.4, 0.5) is 0 Å². The van der Waals surface area contributed by atoms with Gasteiger partial charge < -0.3 is 4.74 Å². The molecule has 2 aromatic rings. The van der Waals surface area contributed by atoms with Crippen molar-refractivity contribution in [2.24, 2.45) is 0 Å².